The van der Waals surface area contributed by atoms with Gasteiger partial charge in [0.25, 0.3) is 0 Å². The number of esters is 1. The van der Waals surface area contributed by atoms with Crippen molar-refractivity contribution >= 4 is 32.5 Å². The molecule has 2 aromatic heterocycles. The van der Waals surface area contributed by atoms with Crippen LogP contribution in [0.3, 0.4) is 0 Å². The lowest BCUT2D eigenvalue weighted by atomic mass is 10.0. The van der Waals surface area contributed by atoms with Crippen LogP contribution >= 0.6 is 0 Å². The Labute approximate surface area is 180 Å². The number of rotatable bonds is 6. The number of hydrogen-bond donors (Lipinski definition) is 4. The van der Waals surface area contributed by atoms with Crippen LogP contribution in [-0.4, -0.2) is 42.1 Å². The highest BCUT2D eigenvalue weighted by atomic mass is 32.2. The third kappa shape index (κ3) is 3.53. The number of aromatic amines is 2. The maximum absolute atomic E-state index is 12.7. The molecule has 0 fully saturated rings. The molecule has 0 amide bonds. The van der Waals surface area contributed by atoms with Crippen LogP contribution in [0.15, 0.2) is 29.2 Å². The van der Waals surface area contributed by atoms with E-state index in [4.69, 9.17) is 4.74 Å². The van der Waals surface area contributed by atoms with Crippen molar-refractivity contribution in [1.29, 1.82) is 0 Å². The van der Waals surface area contributed by atoms with Crippen molar-refractivity contribution in [3.8, 4) is 5.88 Å². The number of H-pyrrole nitrogens is 2. The van der Waals surface area contributed by atoms with Crippen molar-refractivity contribution in [2.24, 2.45) is 0 Å². The number of aromatic hydroxyl groups is 1. The van der Waals surface area contributed by atoms with Crippen LogP contribution in [0.1, 0.15) is 53.6 Å². The quantitative estimate of drug-likeness (QED) is 0.435. The maximum Gasteiger partial charge on any atom is 0.340 e. The van der Waals surface area contributed by atoms with Gasteiger partial charge in [0.05, 0.1) is 28.3 Å². The van der Waals surface area contributed by atoms with Gasteiger partial charge in [0, 0.05) is 28.2 Å². The van der Waals surface area contributed by atoms with E-state index >= 15 is 0 Å². The number of carbonyl (C=O) groups excluding carboxylic acids is 1. The highest BCUT2D eigenvalue weighted by molar-refractivity contribution is 7.89. The minimum absolute atomic E-state index is 0.0644. The molecule has 31 heavy (non-hydrogen) atoms. The minimum atomic E-state index is -3.70. The second-order valence-corrected chi connectivity index (χ2v) is 9.57. The summed E-state index contributed by atoms with van der Waals surface area (Å²) in [4.78, 5) is 18.7. The van der Waals surface area contributed by atoms with Crippen LogP contribution in [0, 0.1) is 6.92 Å². The predicted molar refractivity (Wildman–Crippen MR) is 118 cm³/mol. The molecule has 0 atom stereocenters. The van der Waals surface area contributed by atoms with Crippen molar-refractivity contribution < 1.29 is 23.1 Å². The second-order valence-electron chi connectivity index (χ2n) is 7.85. The van der Waals surface area contributed by atoms with Gasteiger partial charge in [-0.3, -0.25) is 0 Å². The molecule has 9 heteroatoms. The molecule has 2 heterocycles. The molecule has 0 radical (unpaired) electrons. The van der Waals surface area contributed by atoms with Crippen LogP contribution in [0.5, 0.6) is 5.88 Å². The van der Waals surface area contributed by atoms with Gasteiger partial charge in [0.15, 0.2) is 5.88 Å². The van der Waals surface area contributed by atoms with E-state index in [1.54, 1.807) is 39.8 Å². The maximum atomic E-state index is 12.7. The lowest BCUT2D eigenvalue weighted by molar-refractivity contribution is 0.0524. The molecule has 1 aliphatic rings. The van der Waals surface area contributed by atoms with E-state index in [9.17, 15) is 18.3 Å². The summed E-state index contributed by atoms with van der Waals surface area (Å²) in [7, 11) is -3.70. The van der Waals surface area contributed by atoms with E-state index in [0.29, 0.717) is 39.7 Å². The number of aromatic nitrogens is 2. The number of nitrogens with one attached hydrogen (secondary N) is 3. The van der Waals surface area contributed by atoms with Crippen LogP contribution in [0.2, 0.25) is 0 Å². The van der Waals surface area contributed by atoms with E-state index in [1.165, 1.54) is 6.07 Å². The van der Waals surface area contributed by atoms with Crippen LogP contribution in [0.4, 0.5) is 0 Å². The Morgan fingerprint density at radius 1 is 1.29 bits per heavy atom. The number of sulfonamides is 1. The molecule has 0 bridgehead atoms. The summed E-state index contributed by atoms with van der Waals surface area (Å²) in [5, 5.41) is 11.2. The minimum Gasteiger partial charge on any atom is -0.494 e. The standard InChI is InChI=1S/C22H25N3O5S/c1-5-30-22(27)18-12(4)23-20-14(18)7-8-15(20)19-16-10-13(31(28,29)25-11(2)3)6-9-17(16)24-21(19)26/h6,8-11,23-26H,5,7H2,1-4H3. The van der Waals surface area contributed by atoms with Gasteiger partial charge in [-0.25, -0.2) is 17.9 Å². The molecule has 0 aliphatic heterocycles. The number of allylic oxidation sites excluding steroid dienone is 1. The summed E-state index contributed by atoms with van der Waals surface area (Å²) in [5.74, 6) is -0.450. The third-order valence-electron chi connectivity index (χ3n) is 5.27. The SMILES string of the molecule is CCOC(=O)c1c(C)[nH]c2c1CC=C2c1c(O)[nH]c2ccc(S(=O)(=O)NC(C)C)cc12. The molecule has 3 aromatic rings. The Morgan fingerprint density at radius 3 is 2.71 bits per heavy atom. The molecule has 0 spiro atoms. The number of carbonyl (C=O) groups is 1. The zero-order valence-electron chi connectivity index (χ0n) is 17.8. The van der Waals surface area contributed by atoms with Gasteiger partial charge >= 0.3 is 5.97 Å². The zero-order valence-corrected chi connectivity index (χ0v) is 18.6. The first kappa shape index (κ1) is 21.2. The number of fused-ring (bicyclic) bond motifs is 2. The predicted octanol–water partition coefficient (Wildman–Crippen LogP) is 3.36. The topological polar surface area (TPSA) is 124 Å². The van der Waals surface area contributed by atoms with E-state index < -0.39 is 10.0 Å². The Bertz CT molecular complexity index is 1330. The molecule has 0 saturated carbocycles. The summed E-state index contributed by atoms with van der Waals surface area (Å²) in [6.45, 7) is 7.35. The fraction of sp³-hybridized carbons (Fsp3) is 0.318. The average molecular weight is 444 g/mol. The van der Waals surface area contributed by atoms with Crippen molar-refractivity contribution in [2.75, 3.05) is 6.61 Å². The van der Waals surface area contributed by atoms with Gasteiger partial charge in [0.1, 0.15) is 0 Å². The summed E-state index contributed by atoms with van der Waals surface area (Å²) >= 11 is 0. The largest absolute Gasteiger partial charge is 0.494 e. The number of hydrogen-bond acceptors (Lipinski definition) is 5. The van der Waals surface area contributed by atoms with Gasteiger partial charge in [0.2, 0.25) is 10.0 Å². The average Bonchev–Trinajstić information content (AvgIpc) is 3.30. The summed E-state index contributed by atoms with van der Waals surface area (Å²) in [6, 6.07) is 4.43. The fourth-order valence-corrected chi connectivity index (χ4v) is 5.38. The first-order valence-corrected chi connectivity index (χ1v) is 11.6. The Morgan fingerprint density at radius 2 is 2.03 bits per heavy atom. The highest BCUT2D eigenvalue weighted by Gasteiger charge is 2.30. The van der Waals surface area contributed by atoms with Crippen molar-refractivity contribution in [3.05, 3.63) is 52.4 Å². The molecular weight excluding hydrogens is 418 g/mol. The Kier molecular flexibility index (Phi) is 5.18. The lowest BCUT2D eigenvalue weighted by Crippen LogP contribution is -2.30. The van der Waals surface area contributed by atoms with Crippen LogP contribution < -0.4 is 4.72 Å². The van der Waals surface area contributed by atoms with Gasteiger partial charge < -0.3 is 19.8 Å². The number of benzene rings is 1. The normalized spacial score (nSPS) is 13.6. The Hall–Kier alpha value is -3.04. The van der Waals surface area contributed by atoms with Gasteiger partial charge in [-0.2, -0.15) is 0 Å². The highest BCUT2D eigenvalue weighted by Crippen LogP contribution is 2.42. The third-order valence-corrected chi connectivity index (χ3v) is 6.93. The van der Waals surface area contributed by atoms with Gasteiger partial charge in [-0.1, -0.05) is 6.08 Å². The van der Waals surface area contributed by atoms with Crippen molar-refractivity contribution in [2.45, 2.75) is 45.1 Å². The van der Waals surface area contributed by atoms with E-state index in [-0.39, 0.29) is 29.4 Å². The van der Waals surface area contributed by atoms with Crippen LogP contribution in [0.25, 0.3) is 16.5 Å². The number of ether oxygens (including phenoxy) is 1. The van der Waals surface area contributed by atoms with Gasteiger partial charge in [-0.05, 0) is 57.9 Å². The molecule has 164 valence electrons. The van der Waals surface area contributed by atoms with E-state index in [1.807, 2.05) is 6.08 Å². The van der Waals surface area contributed by atoms with Gasteiger partial charge in [-0.15, -0.1) is 0 Å². The van der Waals surface area contributed by atoms with Crippen LogP contribution in [-0.2, 0) is 21.2 Å². The molecular formula is C22H25N3O5S. The van der Waals surface area contributed by atoms with Crippen molar-refractivity contribution in [3.63, 3.8) is 0 Å². The molecule has 0 saturated heterocycles. The first-order valence-electron chi connectivity index (χ1n) is 10.1. The number of aryl methyl sites for hydroxylation is 1. The van der Waals surface area contributed by atoms with E-state index in [2.05, 4.69) is 14.7 Å². The molecule has 4 rings (SSSR count). The monoisotopic (exact) mass is 443 g/mol. The summed E-state index contributed by atoms with van der Waals surface area (Å²) < 4.78 is 33.1. The first-order chi connectivity index (χ1) is 14.6. The summed E-state index contributed by atoms with van der Waals surface area (Å²) in [6.07, 6.45) is 2.42. The van der Waals surface area contributed by atoms with Crippen molar-refractivity contribution in [1.82, 2.24) is 14.7 Å². The second kappa shape index (κ2) is 7.58. The Balaban J connectivity index is 1.84. The zero-order chi connectivity index (χ0) is 22.5. The molecule has 1 aromatic carbocycles. The fourth-order valence-electron chi connectivity index (χ4n) is 4.10. The lowest BCUT2D eigenvalue weighted by Gasteiger charge is -2.10. The summed E-state index contributed by atoms with van der Waals surface area (Å²) in [5.41, 5.74) is 4.55. The van der Waals surface area contributed by atoms with E-state index in [0.717, 1.165) is 11.3 Å². The molecule has 0 unspecified atom stereocenters. The molecule has 4 N–H and O–H groups in total. The molecule has 1 aliphatic carbocycles. The smallest absolute Gasteiger partial charge is 0.340 e. The molecule has 8 nitrogen and oxygen atoms in total.